The van der Waals surface area contributed by atoms with Crippen molar-refractivity contribution in [3.63, 3.8) is 0 Å². The Morgan fingerprint density at radius 2 is 2.15 bits per heavy atom. The predicted molar refractivity (Wildman–Crippen MR) is 83.2 cm³/mol. The first-order valence-corrected chi connectivity index (χ1v) is 7.76. The zero-order valence-electron chi connectivity index (χ0n) is 11.7. The zero-order chi connectivity index (χ0) is 14.5. The lowest BCUT2D eigenvalue weighted by atomic mass is 10.1. The molecule has 5 heteroatoms. The van der Waals surface area contributed by atoms with E-state index in [1.165, 1.54) is 6.42 Å². The Kier molecular flexibility index (Phi) is 5.70. The highest BCUT2D eigenvalue weighted by Gasteiger charge is 2.23. The Bertz CT molecular complexity index is 471. The van der Waals surface area contributed by atoms with Gasteiger partial charge in [0.1, 0.15) is 0 Å². The number of rotatable bonds is 3. The molecule has 0 saturated carbocycles. The van der Waals surface area contributed by atoms with Crippen molar-refractivity contribution < 1.29 is 4.79 Å². The molecule has 1 aromatic carbocycles. The Balaban J connectivity index is 2.01. The van der Waals surface area contributed by atoms with Gasteiger partial charge >= 0.3 is 0 Å². The molecule has 2 rings (SSSR count). The molecule has 1 aliphatic rings. The van der Waals surface area contributed by atoms with Crippen LogP contribution in [0.15, 0.2) is 18.2 Å². The summed E-state index contributed by atoms with van der Waals surface area (Å²) >= 11 is 12.2. The van der Waals surface area contributed by atoms with Crippen LogP contribution in [0.5, 0.6) is 0 Å². The maximum Gasteiger partial charge on any atom is 0.239 e. The van der Waals surface area contributed by atoms with E-state index in [0.717, 1.165) is 31.4 Å². The molecule has 1 fully saturated rings. The van der Waals surface area contributed by atoms with Crippen LogP contribution in [0.2, 0.25) is 10.0 Å². The second-order valence-electron chi connectivity index (χ2n) is 5.26. The fourth-order valence-corrected chi connectivity index (χ4v) is 2.89. The van der Waals surface area contributed by atoms with Crippen molar-refractivity contribution in [3.8, 4) is 0 Å². The van der Waals surface area contributed by atoms with Crippen LogP contribution in [0.3, 0.4) is 0 Å². The molecule has 110 valence electrons. The lowest BCUT2D eigenvalue weighted by Crippen LogP contribution is -2.44. The van der Waals surface area contributed by atoms with Gasteiger partial charge in [-0.05, 0) is 31.0 Å². The summed E-state index contributed by atoms with van der Waals surface area (Å²) in [5, 5.41) is 4.38. The van der Waals surface area contributed by atoms with Gasteiger partial charge in [0, 0.05) is 13.6 Å². The number of likely N-dealkylation sites (N-methyl/N-ethyl adjacent to an activating group) is 1. The van der Waals surface area contributed by atoms with Crippen molar-refractivity contribution in [1.82, 2.24) is 10.2 Å². The number of carbonyl (C=O) groups excluding carboxylic acids is 1. The van der Waals surface area contributed by atoms with Crippen molar-refractivity contribution in [2.45, 2.75) is 38.3 Å². The van der Waals surface area contributed by atoms with Gasteiger partial charge in [0.15, 0.2) is 0 Å². The number of nitrogens with zero attached hydrogens (tertiary/aromatic N) is 1. The van der Waals surface area contributed by atoms with E-state index in [0.29, 0.717) is 16.6 Å². The number of amides is 1. The van der Waals surface area contributed by atoms with Crippen molar-refractivity contribution in [2.75, 3.05) is 13.6 Å². The highest BCUT2D eigenvalue weighted by atomic mass is 35.5. The molecule has 0 radical (unpaired) electrons. The molecule has 0 spiro atoms. The summed E-state index contributed by atoms with van der Waals surface area (Å²) in [6.45, 7) is 1.40. The third-order valence-electron chi connectivity index (χ3n) is 3.67. The van der Waals surface area contributed by atoms with Crippen LogP contribution in [0.4, 0.5) is 0 Å². The maximum atomic E-state index is 12.4. The first kappa shape index (κ1) is 15.6. The second-order valence-corrected chi connectivity index (χ2v) is 6.05. The maximum absolute atomic E-state index is 12.4. The van der Waals surface area contributed by atoms with Gasteiger partial charge in [0.05, 0.1) is 16.1 Å². The molecule has 1 atom stereocenters. The topological polar surface area (TPSA) is 32.3 Å². The largest absolute Gasteiger partial charge is 0.340 e. The summed E-state index contributed by atoms with van der Waals surface area (Å²) < 4.78 is 0. The number of nitrogens with one attached hydrogen (secondary N) is 1. The molecule has 20 heavy (non-hydrogen) atoms. The highest BCUT2D eigenvalue weighted by molar-refractivity contribution is 6.42. The Hall–Kier alpha value is -0.770. The fraction of sp³-hybridized carbons (Fsp3) is 0.533. The van der Waals surface area contributed by atoms with E-state index >= 15 is 0 Å². The SMILES string of the molecule is CN(Cc1cccc(Cl)c1Cl)C(=O)C1CCCCCN1. The second kappa shape index (κ2) is 7.30. The van der Waals surface area contributed by atoms with Gasteiger partial charge in [-0.1, -0.05) is 48.2 Å². The summed E-state index contributed by atoms with van der Waals surface area (Å²) in [5.74, 6) is 0.128. The van der Waals surface area contributed by atoms with Crippen LogP contribution in [0.25, 0.3) is 0 Å². The van der Waals surface area contributed by atoms with E-state index in [1.807, 2.05) is 19.2 Å². The quantitative estimate of drug-likeness (QED) is 0.926. The van der Waals surface area contributed by atoms with E-state index in [1.54, 1.807) is 11.0 Å². The molecule has 3 nitrogen and oxygen atoms in total. The molecule has 1 heterocycles. The van der Waals surface area contributed by atoms with Crippen LogP contribution >= 0.6 is 23.2 Å². The molecule has 1 aromatic rings. The normalized spacial score (nSPS) is 19.4. The van der Waals surface area contributed by atoms with Crippen LogP contribution in [0, 0.1) is 0 Å². The van der Waals surface area contributed by atoms with Gasteiger partial charge < -0.3 is 10.2 Å². The summed E-state index contributed by atoms with van der Waals surface area (Å²) in [6, 6.07) is 5.44. The molecule has 1 saturated heterocycles. The molecule has 1 amide bonds. The standard InChI is InChI=1S/C15H20Cl2N2O/c1-19(10-11-6-5-7-12(16)14(11)17)15(20)13-8-3-2-4-9-18-13/h5-7,13,18H,2-4,8-10H2,1H3. The molecular formula is C15H20Cl2N2O. The van der Waals surface area contributed by atoms with Crippen LogP contribution < -0.4 is 5.32 Å². The predicted octanol–water partition coefficient (Wildman–Crippen LogP) is 3.48. The lowest BCUT2D eigenvalue weighted by molar-refractivity contribution is -0.132. The first-order valence-electron chi connectivity index (χ1n) is 7.01. The van der Waals surface area contributed by atoms with E-state index in [9.17, 15) is 4.79 Å². The minimum atomic E-state index is -0.0690. The van der Waals surface area contributed by atoms with Crippen molar-refractivity contribution >= 4 is 29.1 Å². The highest BCUT2D eigenvalue weighted by Crippen LogP contribution is 2.26. The van der Waals surface area contributed by atoms with E-state index in [2.05, 4.69) is 5.32 Å². The minimum absolute atomic E-state index is 0.0690. The number of halogens is 2. The molecule has 1 unspecified atom stereocenters. The van der Waals surface area contributed by atoms with Crippen molar-refractivity contribution in [3.05, 3.63) is 33.8 Å². The molecule has 0 bridgehead atoms. The van der Waals surface area contributed by atoms with Gasteiger partial charge in [-0.3, -0.25) is 4.79 Å². The lowest BCUT2D eigenvalue weighted by Gasteiger charge is -2.24. The molecule has 1 N–H and O–H groups in total. The monoisotopic (exact) mass is 314 g/mol. The minimum Gasteiger partial charge on any atom is -0.340 e. The Morgan fingerprint density at radius 3 is 2.95 bits per heavy atom. The van der Waals surface area contributed by atoms with Gasteiger partial charge in [0.25, 0.3) is 0 Å². The van der Waals surface area contributed by atoms with Crippen LogP contribution in [-0.4, -0.2) is 30.4 Å². The summed E-state index contributed by atoms with van der Waals surface area (Å²) in [4.78, 5) is 14.2. The van der Waals surface area contributed by atoms with Crippen LogP contribution in [0.1, 0.15) is 31.2 Å². The third-order valence-corrected chi connectivity index (χ3v) is 4.53. The molecule has 0 aliphatic carbocycles. The van der Waals surface area contributed by atoms with Gasteiger partial charge in [-0.25, -0.2) is 0 Å². The van der Waals surface area contributed by atoms with E-state index < -0.39 is 0 Å². The molecule has 1 aliphatic heterocycles. The summed E-state index contributed by atoms with van der Waals surface area (Å²) in [5.41, 5.74) is 0.878. The summed E-state index contributed by atoms with van der Waals surface area (Å²) in [7, 11) is 1.81. The Morgan fingerprint density at radius 1 is 1.35 bits per heavy atom. The van der Waals surface area contributed by atoms with Crippen molar-refractivity contribution in [1.29, 1.82) is 0 Å². The smallest absolute Gasteiger partial charge is 0.239 e. The summed E-state index contributed by atoms with van der Waals surface area (Å²) in [6.07, 6.45) is 4.36. The van der Waals surface area contributed by atoms with E-state index in [4.69, 9.17) is 23.2 Å². The zero-order valence-corrected chi connectivity index (χ0v) is 13.2. The van der Waals surface area contributed by atoms with Gasteiger partial charge in [-0.15, -0.1) is 0 Å². The molecule has 0 aromatic heterocycles. The average molecular weight is 315 g/mol. The Labute approximate surface area is 130 Å². The number of hydrogen-bond donors (Lipinski definition) is 1. The van der Waals surface area contributed by atoms with Gasteiger partial charge in [-0.2, -0.15) is 0 Å². The van der Waals surface area contributed by atoms with Gasteiger partial charge in [0.2, 0.25) is 5.91 Å². The molecular weight excluding hydrogens is 295 g/mol. The number of carbonyl (C=O) groups is 1. The average Bonchev–Trinajstić information content (AvgIpc) is 2.72. The number of benzene rings is 1. The first-order chi connectivity index (χ1) is 9.59. The fourth-order valence-electron chi connectivity index (χ4n) is 2.51. The van der Waals surface area contributed by atoms with Crippen LogP contribution in [-0.2, 0) is 11.3 Å². The van der Waals surface area contributed by atoms with Crippen molar-refractivity contribution in [2.24, 2.45) is 0 Å². The number of hydrogen-bond acceptors (Lipinski definition) is 2. The third kappa shape index (κ3) is 3.87. The van der Waals surface area contributed by atoms with E-state index in [-0.39, 0.29) is 11.9 Å².